The third kappa shape index (κ3) is 14.5. The highest BCUT2D eigenvalue weighted by molar-refractivity contribution is 9.11. The maximum absolute atomic E-state index is 15.2. The van der Waals surface area contributed by atoms with Gasteiger partial charge in [-0.2, -0.15) is 24.7 Å². The second-order valence-electron chi connectivity index (χ2n) is 18.1. The van der Waals surface area contributed by atoms with Crippen LogP contribution in [0.4, 0.5) is 29.2 Å². The van der Waals surface area contributed by atoms with Crippen molar-refractivity contribution in [3.8, 4) is 44.8 Å². The summed E-state index contributed by atoms with van der Waals surface area (Å²) in [5, 5.41) is 37.8. The molecule has 75 heavy (non-hydrogen) atoms. The predicted molar refractivity (Wildman–Crippen MR) is 288 cm³/mol. The number of aliphatic imine (C=N–C) groups is 2. The van der Waals surface area contributed by atoms with Gasteiger partial charge in [0.2, 0.25) is 0 Å². The summed E-state index contributed by atoms with van der Waals surface area (Å²) in [6.45, 7) is 5.41. The molecule has 0 spiro atoms. The van der Waals surface area contributed by atoms with E-state index < -0.39 is 35.9 Å². The number of nitrogens with zero attached hydrogens (tertiary/aromatic N) is 10. The normalized spacial score (nSPS) is 19.3. The summed E-state index contributed by atoms with van der Waals surface area (Å²) in [5.41, 5.74) is 17.0. The fourth-order valence-corrected chi connectivity index (χ4v) is 9.36. The lowest BCUT2D eigenvalue weighted by Crippen LogP contribution is -2.29. The topological polar surface area (TPSA) is 251 Å². The van der Waals surface area contributed by atoms with Crippen LogP contribution in [0.2, 0.25) is 0 Å². The fourth-order valence-electron chi connectivity index (χ4n) is 9.00. The smallest absolute Gasteiger partial charge is 0.338 e. The van der Waals surface area contributed by atoms with Crippen molar-refractivity contribution in [2.24, 2.45) is 45.1 Å². The van der Waals surface area contributed by atoms with Crippen molar-refractivity contribution >= 4 is 79.5 Å². The first-order valence-corrected chi connectivity index (χ1v) is 25.7. The molecule has 2 aliphatic rings. The minimum atomic E-state index is -1.84. The third-order valence-electron chi connectivity index (χ3n) is 13.2. The molecule has 2 atom stereocenters. The molecule has 17 nitrogen and oxygen atoms in total. The first-order valence-electron chi connectivity index (χ1n) is 24.0. The average Bonchev–Trinajstić information content (AvgIpc) is 4.17. The lowest BCUT2D eigenvalue weighted by atomic mass is 9.78. The Kier molecular flexibility index (Phi) is 20.7. The van der Waals surface area contributed by atoms with Crippen molar-refractivity contribution in [3.05, 3.63) is 101 Å². The number of rotatable bonds is 15. The van der Waals surface area contributed by atoms with Crippen LogP contribution in [-0.2, 0) is 16.1 Å². The van der Waals surface area contributed by atoms with Gasteiger partial charge in [-0.15, -0.1) is 0 Å². The number of alkyl halides is 2. The van der Waals surface area contributed by atoms with E-state index in [0.29, 0.717) is 87.5 Å². The van der Waals surface area contributed by atoms with E-state index in [4.69, 9.17) is 36.6 Å². The van der Waals surface area contributed by atoms with E-state index in [9.17, 15) is 18.0 Å². The number of hydrogen-bond acceptors (Lipinski definition) is 12. The summed E-state index contributed by atoms with van der Waals surface area (Å²) in [7, 11) is 0. The largest absolute Gasteiger partial charge is 0.483 e. The molecule has 5 aromatic heterocycles. The standard InChI is InChI=1S/C26H32BrF2N7O.C25H24BrF2N5O2.CH2O2/c1-15(27)25(30)36-26(34-17(3)19-6-4-18(5-7-19)16(2)28)22(13-33-36)20-10-23(29)24(31-11-20)21-12-32-35(14-21)8-9-37;26-11-21(29)33-24(31-12-15-6-8-16(9-7-15)22(28)25(34)35)19(14-32-33)18-10-20(27)23(30-13-18)17-4-2-1-3-5-17;2-1-3/h10-14,16,18-19,37H,4-9,30H2,1-3H3;1-5,10-16,22H,6-9,29H2,(H,34,35);1H,(H,2,3)/b25-15+,34-17+;21-11+,31-12+;. The third-order valence-corrected chi connectivity index (χ3v) is 14.1. The van der Waals surface area contributed by atoms with Crippen molar-refractivity contribution in [1.82, 2.24) is 39.3 Å². The molecule has 0 aliphatic heterocycles. The van der Waals surface area contributed by atoms with Gasteiger partial charge in [0.05, 0.1) is 31.7 Å². The van der Waals surface area contributed by atoms with E-state index in [1.165, 1.54) is 37.4 Å². The number of aliphatic hydroxyl groups excluding tert-OH is 1. The predicted octanol–water partition coefficient (Wildman–Crippen LogP) is 11.2. The first kappa shape index (κ1) is 57.4. The van der Waals surface area contributed by atoms with Crippen LogP contribution in [-0.4, -0.2) is 97.9 Å². The van der Waals surface area contributed by atoms with Gasteiger partial charge in [-0.05, 0) is 102 Å². The SMILES string of the molecule is C/C(=N\c1c(-c2cnc(-c3cnn(CCO)c3)c(F)c2)cnn1/C(N)=C(\C)Br)C1CCC(C(C)F)CC1.N/C(=C\Br)n1ncc(-c2cnc(-c3ccccc3)c(F)c2)c1/N=C/C1CCC(C(F)C(=O)O)CC1.O=CO. The maximum Gasteiger partial charge on any atom is 0.338 e. The summed E-state index contributed by atoms with van der Waals surface area (Å²) in [5.74, 6) is -0.962. The number of carbonyl (C=O) groups is 2. The molecule has 6 aromatic rings. The molecule has 0 radical (unpaired) electrons. The highest BCUT2D eigenvalue weighted by Gasteiger charge is 2.32. The summed E-state index contributed by atoms with van der Waals surface area (Å²) < 4.78 is 63.0. The zero-order valence-corrected chi connectivity index (χ0v) is 44.5. The molecule has 0 saturated heterocycles. The number of nitrogens with two attached hydrogens (primary N) is 2. The molecular weight excluding hydrogens is 1110 g/mol. The van der Waals surface area contributed by atoms with Crippen molar-refractivity contribution < 1.29 is 42.5 Å². The Morgan fingerprint density at radius 2 is 1.37 bits per heavy atom. The van der Waals surface area contributed by atoms with E-state index in [1.54, 1.807) is 56.3 Å². The number of pyridine rings is 2. The number of aliphatic carboxylic acids is 1. The Hall–Kier alpha value is -6.85. The Morgan fingerprint density at radius 1 is 0.813 bits per heavy atom. The molecule has 23 heteroatoms. The molecule has 0 amide bonds. The summed E-state index contributed by atoms with van der Waals surface area (Å²) >= 11 is 6.62. The summed E-state index contributed by atoms with van der Waals surface area (Å²) in [6, 6.07) is 11.9. The second kappa shape index (κ2) is 27.1. The zero-order valence-electron chi connectivity index (χ0n) is 41.3. The minimum Gasteiger partial charge on any atom is -0.483 e. The summed E-state index contributed by atoms with van der Waals surface area (Å²) in [4.78, 5) is 39.0. The van der Waals surface area contributed by atoms with Gasteiger partial charge >= 0.3 is 5.97 Å². The number of carboxylic acid groups (broad SMARTS) is 2. The van der Waals surface area contributed by atoms with Crippen molar-refractivity contribution in [2.45, 2.75) is 91.0 Å². The Balaban J connectivity index is 0.000000232. The van der Waals surface area contributed by atoms with E-state index in [2.05, 4.69) is 62.1 Å². The second-order valence-corrected chi connectivity index (χ2v) is 19.7. The number of carboxylic acids is 1. The number of hydrogen-bond donors (Lipinski definition) is 5. The average molecular weight is 1170 g/mol. The minimum absolute atomic E-state index is 0.0490. The Morgan fingerprint density at radius 3 is 1.91 bits per heavy atom. The van der Waals surface area contributed by atoms with Crippen LogP contribution in [0.5, 0.6) is 0 Å². The molecule has 2 saturated carbocycles. The van der Waals surface area contributed by atoms with Crippen LogP contribution in [0.3, 0.4) is 0 Å². The van der Waals surface area contributed by atoms with Crippen LogP contribution in [0.1, 0.15) is 72.1 Å². The van der Waals surface area contributed by atoms with Crippen LogP contribution in [0, 0.1) is 35.3 Å². The molecular formula is C52H58Br2F4N12O5. The van der Waals surface area contributed by atoms with Gasteiger partial charge in [-0.1, -0.05) is 62.2 Å². The maximum atomic E-state index is 15.2. The van der Waals surface area contributed by atoms with E-state index in [1.807, 2.05) is 32.0 Å². The van der Waals surface area contributed by atoms with Crippen LogP contribution in [0.25, 0.3) is 56.4 Å². The quantitative estimate of drug-likeness (QED) is 0.0366. The van der Waals surface area contributed by atoms with Crippen LogP contribution < -0.4 is 11.5 Å². The fraction of sp³-hybridized carbons (Fsp3) is 0.365. The number of benzene rings is 1. The number of halogens is 6. The van der Waals surface area contributed by atoms with E-state index in [-0.39, 0.29) is 48.0 Å². The van der Waals surface area contributed by atoms with Gasteiger partial charge in [0.25, 0.3) is 6.47 Å². The Labute approximate surface area is 447 Å². The van der Waals surface area contributed by atoms with E-state index >= 15 is 4.39 Å². The van der Waals surface area contributed by atoms with E-state index in [0.717, 1.165) is 31.4 Å². The van der Waals surface area contributed by atoms with Gasteiger partial charge in [0.1, 0.15) is 40.8 Å². The lowest BCUT2D eigenvalue weighted by molar-refractivity contribution is -0.145. The molecule has 398 valence electrons. The monoisotopic (exact) mass is 1160 g/mol. The van der Waals surface area contributed by atoms with Crippen molar-refractivity contribution in [1.29, 1.82) is 0 Å². The number of aromatic nitrogens is 8. The van der Waals surface area contributed by atoms with Crippen molar-refractivity contribution in [2.75, 3.05) is 6.61 Å². The molecule has 8 rings (SSSR count). The van der Waals surface area contributed by atoms with Crippen LogP contribution in [0.15, 0.2) is 99.1 Å². The van der Waals surface area contributed by atoms with Gasteiger partial charge < -0.3 is 26.8 Å². The molecule has 0 bridgehead atoms. The Bertz CT molecular complexity index is 3010. The highest BCUT2D eigenvalue weighted by atomic mass is 79.9. The zero-order chi connectivity index (χ0) is 54.3. The number of aliphatic hydroxyl groups is 1. The molecule has 1 aromatic carbocycles. The molecule has 2 aliphatic carbocycles. The first-order chi connectivity index (χ1) is 36.0. The lowest BCUT2D eigenvalue weighted by Gasteiger charge is -2.29. The highest BCUT2D eigenvalue weighted by Crippen LogP contribution is 2.39. The van der Waals surface area contributed by atoms with Gasteiger partial charge in [-0.3, -0.25) is 19.4 Å². The summed E-state index contributed by atoms with van der Waals surface area (Å²) in [6.07, 6.45) is 14.1. The number of allylic oxidation sites excluding steroid dienone is 1. The molecule has 7 N–H and O–H groups in total. The molecule has 2 unspecified atom stereocenters. The van der Waals surface area contributed by atoms with Gasteiger partial charge in [0.15, 0.2) is 17.8 Å². The van der Waals surface area contributed by atoms with Gasteiger partial charge in [0, 0.05) is 79.3 Å². The molecule has 2 fully saturated rings. The van der Waals surface area contributed by atoms with Gasteiger partial charge in [-0.25, -0.2) is 32.3 Å². The van der Waals surface area contributed by atoms with Crippen molar-refractivity contribution in [3.63, 3.8) is 0 Å². The molecule has 5 heterocycles. The van der Waals surface area contributed by atoms with Crippen LogP contribution >= 0.6 is 31.9 Å².